The number of carbonyl (C=O) groups excluding carboxylic acids is 1. The van der Waals surface area contributed by atoms with Crippen LogP contribution in [0.5, 0.6) is 0 Å². The molecule has 1 aliphatic rings. The molecule has 4 nitrogen and oxygen atoms in total. The van der Waals surface area contributed by atoms with Gasteiger partial charge in [0.05, 0.1) is 12.1 Å². The van der Waals surface area contributed by atoms with Gasteiger partial charge in [0.25, 0.3) is 0 Å². The van der Waals surface area contributed by atoms with Gasteiger partial charge in [-0.2, -0.15) is 0 Å². The minimum absolute atomic E-state index is 0.0957. The van der Waals surface area contributed by atoms with E-state index in [1.54, 1.807) is 24.0 Å². The number of hydrogen-bond donors (Lipinski definition) is 1. The highest BCUT2D eigenvalue weighted by Gasteiger charge is 2.45. The molecule has 3 unspecified atom stereocenters. The van der Waals surface area contributed by atoms with E-state index in [1.807, 2.05) is 32.9 Å². The van der Waals surface area contributed by atoms with Crippen molar-refractivity contribution < 1.29 is 23.4 Å². The quantitative estimate of drug-likeness (QED) is 0.656. The van der Waals surface area contributed by atoms with E-state index in [-0.39, 0.29) is 12.0 Å². The second kappa shape index (κ2) is 8.72. The van der Waals surface area contributed by atoms with Gasteiger partial charge < -0.3 is 14.7 Å². The molecule has 1 heterocycles. The number of carbonyl (C=O) groups is 1. The number of amides is 1. The number of nitrogens with zero attached hydrogens (tertiary/aromatic N) is 1. The fourth-order valence-electron chi connectivity index (χ4n) is 4.17. The predicted octanol–water partition coefficient (Wildman–Crippen LogP) is 5.70. The smallest absolute Gasteiger partial charge is 0.410 e. The number of ether oxygens (including phenoxy) is 1. The Hall–Kier alpha value is -2.47. The lowest BCUT2D eigenvalue weighted by molar-refractivity contribution is -0.102. The number of benzene rings is 2. The average Bonchev–Trinajstić information content (AvgIpc) is 2.67. The van der Waals surface area contributed by atoms with E-state index in [1.165, 1.54) is 12.1 Å². The Balaban J connectivity index is 1.75. The second-order valence-corrected chi connectivity index (χ2v) is 8.51. The molecule has 1 fully saturated rings. The fourth-order valence-corrected chi connectivity index (χ4v) is 4.17. The lowest BCUT2D eigenvalue weighted by Crippen LogP contribution is -2.53. The van der Waals surface area contributed by atoms with Crippen LogP contribution in [0.1, 0.15) is 52.1 Å². The summed E-state index contributed by atoms with van der Waals surface area (Å²) in [6.45, 7) is 8.16. The Kier molecular flexibility index (Phi) is 6.46. The van der Waals surface area contributed by atoms with Gasteiger partial charge in [0.15, 0.2) is 0 Å². The third-order valence-electron chi connectivity index (χ3n) is 6.10. The Labute approximate surface area is 176 Å². The van der Waals surface area contributed by atoms with Gasteiger partial charge in [0, 0.05) is 31.0 Å². The van der Waals surface area contributed by atoms with E-state index in [0.717, 1.165) is 11.6 Å². The van der Waals surface area contributed by atoms with Crippen LogP contribution >= 0.6 is 0 Å². The van der Waals surface area contributed by atoms with E-state index in [2.05, 4.69) is 0 Å². The Morgan fingerprint density at radius 3 is 2.30 bits per heavy atom. The van der Waals surface area contributed by atoms with E-state index >= 15 is 0 Å². The van der Waals surface area contributed by atoms with Crippen LogP contribution in [0.15, 0.2) is 42.5 Å². The van der Waals surface area contributed by atoms with Crippen molar-refractivity contribution in [1.29, 1.82) is 0 Å². The Morgan fingerprint density at radius 2 is 1.77 bits per heavy atom. The molecule has 0 aromatic heterocycles. The first-order valence-electron chi connectivity index (χ1n) is 10.4. The zero-order chi connectivity index (χ0) is 22.1. The average molecular weight is 417 g/mol. The lowest BCUT2D eigenvalue weighted by atomic mass is 9.81. The van der Waals surface area contributed by atoms with Gasteiger partial charge in [-0.25, -0.2) is 13.6 Å². The van der Waals surface area contributed by atoms with Gasteiger partial charge in [-0.15, -0.1) is 0 Å². The van der Waals surface area contributed by atoms with E-state index in [0.29, 0.717) is 30.5 Å². The minimum atomic E-state index is -0.661. The molecule has 30 heavy (non-hydrogen) atoms. The van der Waals surface area contributed by atoms with Crippen LogP contribution in [0.2, 0.25) is 0 Å². The summed E-state index contributed by atoms with van der Waals surface area (Å²) in [5, 5.41) is 9.86. The molecule has 162 valence electrons. The van der Waals surface area contributed by atoms with Gasteiger partial charge >= 0.3 is 6.09 Å². The standard InChI is InChI=1S/C24H29F2NO3/c1-15(2)24(14-16(3)28)11-12-27(23(29)30-24)17(4)18-5-7-19(8-6-18)21-10-9-20(25)13-22(21)26/h5-10,13,15-17,28H,11-12,14H2,1-4H3. The maximum atomic E-state index is 14.0. The second-order valence-electron chi connectivity index (χ2n) is 8.51. The summed E-state index contributed by atoms with van der Waals surface area (Å²) < 4.78 is 33.0. The number of aliphatic hydroxyl groups excluding tert-OH is 1. The summed E-state index contributed by atoms with van der Waals surface area (Å²) in [6, 6.07) is 10.5. The van der Waals surface area contributed by atoms with Crippen LogP contribution in [0, 0.1) is 17.6 Å². The summed E-state index contributed by atoms with van der Waals surface area (Å²) in [5.41, 5.74) is 1.20. The number of aliphatic hydroxyl groups is 1. The third kappa shape index (κ3) is 4.48. The summed E-state index contributed by atoms with van der Waals surface area (Å²) in [4.78, 5) is 14.5. The van der Waals surface area contributed by atoms with Gasteiger partial charge in [-0.3, -0.25) is 0 Å². The number of hydrogen-bond acceptors (Lipinski definition) is 3. The molecule has 6 heteroatoms. The molecule has 0 radical (unpaired) electrons. The first-order chi connectivity index (χ1) is 14.1. The summed E-state index contributed by atoms with van der Waals surface area (Å²) in [6.07, 6.45) is 0.112. The first kappa shape index (κ1) is 22.2. The van der Waals surface area contributed by atoms with Crippen molar-refractivity contribution in [2.24, 2.45) is 5.92 Å². The van der Waals surface area contributed by atoms with E-state index in [4.69, 9.17) is 4.74 Å². The topological polar surface area (TPSA) is 49.8 Å². The van der Waals surface area contributed by atoms with Crippen molar-refractivity contribution in [3.05, 3.63) is 59.7 Å². The zero-order valence-corrected chi connectivity index (χ0v) is 17.9. The molecule has 3 atom stereocenters. The van der Waals surface area contributed by atoms with Crippen LogP contribution < -0.4 is 0 Å². The van der Waals surface area contributed by atoms with Crippen molar-refractivity contribution in [2.75, 3.05) is 6.54 Å². The highest BCUT2D eigenvalue weighted by molar-refractivity contribution is 5.70. The van der Waals surface area contributed by atoms with Gasteiger partial charge in [0.2, 0.25) is 0 Å². The molecular formula is C24H29F2NO3. The maximum absolute atomic E-state index is 14.0. The predicted molar refractivity (Wildman–Crippen MR) is 112 cm³/mol. The van der Waals surface area contributed by atoms with Crippen LogP contribution in [-0.2, 0) is 4.74 Å². The number of halogens is 2. The summed E-state index contributed by atoms with van der Waals surface area (Å²) in [7, 11) is 0. The van der Waals surface area contributed by atoms with E-state index < -0.39 is 29.4 Å². The van der Waals surface area contributed by atoms with Gasteiger partial charge in [-0.05, 0) is 43.0 Å². The minimum Gasteiger partial charge on any atom is -0.442 e. The van der Waals surface area contributed by atoms with Crippen LogP contribution in [0.3, 0.4) is 0 Å². The molecule has 0 bridgehead atoms. The lowest BCUT2D eigenvalue weighted by Gasteiger charge is -2.46. The maximum Gasteiger partial charge on any atom is 0.410 e. The molecule has 0 aliphatic carbocycles. The monoisotopic (exact) mass is 417 g/mol. The van der Waals surface area contributed by atoms with E-state index in [9.17, 15) is 18.7 Å². The molecule has 0 spiro atoms. The first-order valence-corrected chi connectivity index (χ1v) is 10.4. The van der Waals surface area contributed by atoms with Gasteiger partial charge in [0.1, 0.15) is 17.2 Å². The molecule has 1 saturated heterocycles. The molecule has 1 amide bonds. The van der Waals surface area contributed by atoms with Crippen LogP contribution in [-0.4, -0.2) is 34.3 Å². The van der Waals surface area contributed by atoms with Crippen molar-refractivity contribution in [3.8, 4) is 11.1 Å². The SMILES string of the molecule is CC(O)CC1(C(C)C)CCN(C(C)c2ccc(-c3ccc(F)cc3F)cc2)C(=O)O1. The van der Waals surface area contributed by atoms with Gasteiger partial charge in [-0.1, -0.05) is 38.1 Å². The molecule has 0 saturated carbocycles. The third-order valence-corrected chi connectivity index (χ3v) is 6.10. The Bertz CT molecular complexity index is 898. The highest BCUT2D eigenvalue weighted by Crippen LogP contribution is 2.38. The number of cyclic esters (lactones) is 1. The summed E-state index contributed by atoms with van der Waals surface area (Å²) in [5.74, 6) is -1.13. The molecule has 1 N–H and O–H groups in total. The van der Waals surface area contributed by atoms with Crippen molar-refractivity contribution >= 4 is 6.09 Å². The van der Waals surface area contributed by atoms with Crippen molar-refractivity contribution in [3.63, 3.8) is 0 Å². The molecule has 3 rings (SSSR count). The fraction of sp³-hybridized carbons (Fsp3) is 0.458. The highest BCUT2D eigenvalue weighted by atomic mass is 19.1. The van der Waals surface area contributed by atoms with Crippen LogP contribution in [0.25, 0.3) is 11.1 Å². The van der Waals surface area contributed by atoms with Crippen molar-refractivity contribution in [1.82, 2.24) is 4.90 Å². The van der Waals surface area contributed by atoms with Crippen molar-refractivity contribution in [2.45, 2.75) is 58.3 Å². The molecule has 2 aromatic rings. The normalized spacial score (nSPS) is 21.5. The molecular weight excluding hydrogens is 388 g/mol. The van der Waals surface area contributed by atoms with Crippen LogP contribution in [0.4, 0.5) is 13.6 Å². The number of rotatable bonds is 6. The summed E-state index contributed by atoms with van der Waals surface area (Å²) >= 11 is 0. The largest absolute Gasteiger partial charge is 0.442 e. The molecule has 2 aromatic carbocycles. The Morgan fingerprint density at radius 1 is 1.10 bits per heavy atom. The molecule has 1 aliphatic heterocycles. The zero-order valence-electron chi connectivity index (χ0n) is 17.9.